The van der Waals surface area contributed by atoms with Crippen molar-refractivity contribution in [2.24, 2.45) is 29.5 Å². The van der Waals surface area contributed by atoms with Gasteiger partial charge in [-0.05, 0) is 48.9 Å². The number of aliphatic hydroxyl groups excluding tert-OH is 1. The van der Waals surface area contributed by atoms with Crippen LogP contribution in [-0.4, -0.2) is 35.4 Å². The number of cyclic esters (lactones) is 1. The summed E-state index contributed by atoms with van der Waals surface area (Å²) >= 11 is 0. The summed E-state index contributed by atoms with van der Waals surface area (Å²) in [6.45, 7) is -10.9. The van der Waals surface area contributed by atoms with Gasteiger partial charge in [-0.15, -0.1) is 0 Å². The molecular formula is C24H36O5. The highest BCUT2D eigenvalue weighted by molar-refractivity contribution is 5.72. The standard InChI is InChI=1S/C24H36O5/c1-5-15(3)24(27)29-21-11-14(2)10-17-7-6-16(4)20(23(17)21)9-8-19-12-18(25)13-22(26)28-19/h6-7,10,14-16,18-21,23,25H,5,8-9,11-13H2,1-4H3/t14-,15-,16-,18+,19?,20-,21?,23-/m0/s1/i1D3,2D3,3D3,5D2,6D,7D,10D,11D2,13D2,14D,15D,16D. The molecule has 1 saturated heterocycles. The van der Waals surface area contributed by atoms with Gasteiger partial charge in [0.15, 0.2) is 0 Å². The predicted molar refractivity (Wildman–Crippen MR) is 111 cm³/mol. The largest absolute Gasteiger partial charge is 0.462 e. The van der Waals surface area contributed by atoms with E-state index >= 15 is 0 Å². The van der Waals surface area contributed by atoms with Gasteiger partial charge in [0.1, 0.15) is 12.2 Å². The van der Waals surface area contributed by atoms with Gasteiger partial charge >= 0.3 is 11.9 Å². The van der Waals surface area contributed by atoms with Crippen LogP contribution < -0.4 is 0 Å². The molecule has 29 heavy (non-hydrogen) atoms. The number of fused-ring (bicyclic) bond motifs is 1. The van der Waals surface area contributed by atoms with Gasteiger partial charge in [0.2, 0.25) is 0 Å². The molecule has 3 rings (SSSR count). The molecule has 1 heterocycles. The molecule has 0 aromatic heterocycles. The van der Waals surface area contributed by atoms with E-state index in [0.717, 1.165) is 6.92 Å². The van der Waals surface area contributed by atoms with E-state index in [4.69, 9.17) is 38.3 Å². The van der Waals surface area contributed by atoms with E-state index in [0.29, 0.717) is 0 Å². The number of carbonyl (C=O) groups excluding carboxylic acids is 2. The van der Waals surface area contributed by atoms with Gasteiger partial charge in [-0.1, -0.05) is 45.6 Å². The summed E-state index contributed by atoms with van der Waals surface area (Å²) in [5.41, 5.74) is -0.885. The average molecular weight is 426 g/mol. The maximum Gasteiger partial charge on any atom is 0.308 e. The van der Waals surface area contributed by atoms with E-state index in [1.807, 2.05) is 0 Å². The Kier molecular flexibility index (Phi) is 2.45. The quantitative estimate of drug-likeness (QED) is 0.646. The van der Waals surface area contributed by atoms with Crippen LogP contribution in [0.3, 0.4) is 0 Å². The second kappa shape index (κ2) is 9.46. The molecule has 0 amide bonds. The molecule has 0 aromatic rings. The van der Waals surface area contributed by atoms with Crippen LogP contribution in [0.5, 0.6) is 0 Å². The SMILES string of the molecule is [2H]C1=C([2H])[C@]([2H])(C)[C@H](CCC2C[C@@H](O)C([2H])([2H])C(=O)O2)[C@@H]2C1=C([2H])[C@]([2H])(C([2H])([2H])[2H])C([2H])([2H])C2OC(=O)[C@@]([2H])(C([2H])([2H])[2H])C([2H])([2H])C([2H])([2H])[2H]. The number of carbonyl (C=O) groups is 2. The number of rotatable bonds is 6. The molecule has 0 radical (unpaired) electrons. The Labute approximate surface area is 204 Å². The second-order valence-electron chi connectivity index (χ2n) is 6.95. The minimum absolute atomic E-state index is 0.385. The third-order valence-electron chi connectivity index (χ3n) is 5.00. The highest BCUT2D eigenvalue weighted by Crippen LogP contribution is 2.45. The van der Waals surface area contributed by atoms with Gasteiger partial charge in [0, 0.05) is 37.0 Å². The smallest absolute Gasteiger partial charge is 0.308 e. The lowest BCUT2D eigenvalue weighted by molar-refractivity contribution is -0.162. The van der Waals surface area contributed by atoms with Crippen molar-refractivity contribution in [2.45, 2.75) is 84.2 Å². The normalized spacial score (nSPS) is 61.0. The van der Waals surface area contributed by atoms with Gasteiger partial charge in [0.25, 0.3) is 0 Å². The number of allylic oxidation sites excluding steroid dienone is 3. The van der Waals surface area contributed by atoms with Gasteiger partial charge < -0.3 is 14.6 Å². The summed E-state index contributed by atoms with van der Waals surface area (Å²) < 4.78 is 182. The third-order valence-corrected chi connectivity index (χ3v) is 5.00. The molecule has 2 unspecified atom stereocenters. The maximum atomic E-state index is 13.8. The molecule has 5 nitrogen and oxygen atoms in total. The Hall–Kier alpha value is -1.62. The van der Waals surface area contributed by atoms with Gasteiger partial charge in [0.05, 0.1) is 22.5 Å². The fourth-order valence-electron chi connectivity index (χ4n) is 3.64. The Morgan fingerprint density at radius 3 is 3.21 bits per heavy atom. The molecule has 0 spiro atoms. The van der Waals surface area contributed by atoms with Crippen LogP contribution in [0.4, 0.5) is 0 Å². The Bertz CT molecular complexity index is 1460. The van der Waals surface area contributed by atoms with E-state index in [-0.39, 0.29) is 6.42 Å². The first-order valence-corrected chi connectivity index (χ1v) is 9.00. The van der Waals surface area contributed by atoms with Crippen molar-refractivity contribution in [1.82, 2.24) is 0 Å². The van der Waals surface area contributed by atoms with Gasteiger partial charge in [-0.3, -0.25) is 9.59 Å². The van der Waals surface area contributed by atoms with E-state index in [1.54, 1.807) is 0 Å². The van der Waals surface area contributed by atoms with E-state index in [1.165, 1.54) is 0 Å². The predicted octanol–water partition coefficient (Wildman–Crippen LogP) is 4.20. The summed E-state index contributed by atoms with van der Waals surface area (Å²) in [5, 5.41) is 10.2. The molecule has 5 heteroatoms. The van der Waals surface area contributed by atoms with Crippen LogP contribution in [0.25, 0.3) is 0 Å². The molecule has 1 N–H and O–H groups in total. The van der Waals surface area contributed by atoms with Crippen LogP contribution in [0, 0.1) is 29.5 Å². The number of hydrogen-bond donors (Lipinski definition) is 1. The molecule has 162 valence electrons. The van der Waals surface area contributed by atoms with Gasteiger partial charge in [-0.25, -0.2) is 0 Å². The zero-order valence-corrected chi connectivity index (χ0v) is 15.6. The van der Waals surface area contributed by atoms with E-state index < -0.39 is 136 Å². The highest BCUT2D eigenvalue weighted by atomic mass is 16.5. The van der Waals surface area contributed by atoms with E-state index in [2.05, 4.69) is 0 Å². The molecular weight excluding hydrogens is 368 g/mol. The lowest BCUT2D eigenvalue weighted by Gasteiger charge is -2.43. The van der Waals surface area contributed by atoms with Crippen LogP contribution >= 0.6 is 0 Å². The zero-order valence-electron chi connectivity index (χ0n) is 36.6. The molecule has 0 bridgehead atoms. The molecule has 1 aliphatic heterocycles. The maximum absolute atomic E-state index is 13.8. The minimum Gasteiger partial charge on any atom is -0.462 e. The third kappa shape index (κ3) is 5.30. The molecule has 3 aliphatic rings. The fourth-order valence-corrected chi connectivity index (χ4v) is 3.64. The van der Waals surface area contributed by atoms with Crippen molar-refractivity contribution in [2.75, 3.05) is 0 Å². The van der Waals surface area contributed by atoms with Crippen LogP contribution in [0.15, 0.2) is 23.7 Å². The average Bonchev–Trinajstić information content (AvgIpc) is 2.93. The summed E-state index contributed by atoms with van der Waals surface area (Å²) in [5.74, 6) is -18.2. The fraction of sp³-hybridized carbons (Fsp3) is 0.750. The van der Waals surface area contributed by atoms with Crippen molar-refractivity contribution >= 4 is 11.9 Å². The molecule has 0 saturated carbocycles. The minimum atomic E-state index is -4.36. The van der Waals surface area contributed by atoms with Gasteiger partial charge in [-0.2, -0.15) is 0 Å². The van der Waals surface area contributed by atoms with Crippen molar-refractivity contribution in [1.29, 1.82) is 0 Å². The van der Waals surface area contributed by atoms with Crippen molar-refractivity contribution in [3.05, 3.63) is 23.7 Å². The summed E-state index contributed by atoms with van der Waals surface area (Å²) in [6, 6.07) is -3.33. The topological polar surface area (TPSA) is 72.8 Å². The first-order valence-electron chi connectivity index (χ1n) is 19.5. The van der Waals surface area contributed by atoms with Crippen molar-refractivity contribution in [3.63, 3.8) is 0 Å². The van der Waals surface area contributed by atoms with Crippen LogP contribution in [0.1, 0.15) is 94.6 Å². The Balaban J connectivity index is 2.34. The molecule has 0 aromatic carbocycles. The van der Waals surface area contributed by atoms with E-state index in [9.17, 15) is 14.7 Å². The Morgan fingerprint density at radius 2 is 2.48 bits per heavy atom. The summed E-state index contributed by atoms with van der Waals surface area (Å²) in [7, 11) is 0. The number of aliphatic hydroxyl groups is 1. The van der Waals surface area contributed by atoms with Crippen molar-refractivity contribution in [3.8, 4) is 0 Å². The van der Waals surface area contributed by atoms with Crippen LogP contribution in [0.2, 0.25) is 0 Å². The lowest BCUT2D eigenvalue weighted by atomic mass is 9.65. The molecule has 1 fully saturated rings. The second-order valence-corrected chi connectivity index (χ2v) is 6.95. The molecule has 2 aliphatic carbocycles. The first-order chi connectivity index (χ1) is 22.0. The van der Waals surface area contributed by atoms with Crippen LogP contribution in [-0.2, 0) is 19.1 Å². The number of esters is 2. The Morgan fingerprint density at radius 1 is 1.62 bits per heavy atom. The number of hydrogen-bond acceptors (Lipinski definition) is 5. The summed E-state index contributed by atoms with van der Waals surface area (Å²) in [4.78, 5) is 26.0. The number of ether oxygens (including phenoxy) is 2. The first kappa shape index (κ1) is 7.51. The lowest BCUT2D eigenvalue weighted by Crippen LogP contribution is -2.42. The zero-order chi connectivity index (χ0) is 39.4. The summed E-state index contributed by atoms with van der Waals surface area (Å²) in [6.07, 6.45) is -18.2. The van der Waals surface area contributed by atoms with Crippen molar-refractivity contribution < 1.29 is 53.0 Å². The monoisotopic (exact) mass is 425 g/mol. The highest BCUT2D eigenvalue weighted by Gasteiger charge is 2.42. The molecule has 8 atom stereocenters.